The number of thioether (sulfide) groups is 1. The molecule has 0 aromatic carbocycles. The first-order valence-corrected chi connectivity index (χ1v) is 8.09. The van der Waals surface area contributed by atoms with Crippen LogP contribution in [0.3, 0.4) is 0 Å². The third-order valence-corrected chi connectivity index (χ3v) is 5.41. The van der Waals surface area contributed by atoms with Crippen LogP contribution in [-0.4, -0.2) is 52.6 Å². The maximum Gasteiger partial charge on any atom is 0.317 e. The molecule has 0 radical (unpaired) electrons. The minimum absolute atomic E-state index is 0.0914. The predicted molar refractivity (Wildman–Crippen MR) is 75.4 cm³/mol. The van der Waals surface area contributed by atoms with Gasteiger partial charge in [-0.05, 0) is 31.4 Å². The van der Waals surface area contributed by atoms with E-state index >= 15 is 0 Å². The molecule has 0 bridgehead atoms. The van der Waals surface area contributed by atoms with Crippen molar-refractivity contribution in [2.24, 2.45) is 5.41 Å². The van der Waals surface area contributed by atoms with Crippen LogP contribution in [0.2, 0.25) is 0 Å². The van der Waals surface area contributed by atoms with Crippen molar-refractivity contribution >= 4 is 23.8 Å². The summed E-state index contributed by atoms with van der Waals surface area (Å²) in [5, 5.41) is 12.4. The second-order valence-corrected chi connectivity index (χ2v) is 6.62. The summed E-state index contributed by atoms with van der Waals surface area (Å²) in [6.45, 7) is 2.90. The monoisotopic (exact) mass is 286 g/mol. The molecule has 2 aliphatic heterocycles. The zero-order chi connectivity index (χ0) is 13.9. The summed E-state index contributed by atoms with van der Waals surface area (Å²) in [7, 11) is 0. The van der Waals surface area contributed by atoms with E-state index in [0.29, 0.717) is 25.9 Å². The van der Waals surface area contributed by atoms with Gasteiger partial charge in [-0.15, -0.1) is 0 Å². The van der Waals surface area contributed by atoms with Crippen LogP contribution in [0, 0.1) is 5.41 Å². The number of carboxylic acids is 1. The maximum absolute atomic E-state index is 12.2. The normalized spacial score (nSPS) is 31.2. The van der Waals surface area contributed by atoms with E-state index in [2.05, 4.69) is 5.32 Å². The highest BCUT2D eigenvalue weighted by Crippen LogP contribution is 2.33. The fourth-order valence-corrected chi connectivity index (χ4v) is 3.99. The first-order valence-electron chi connectivity index (χ1n) is 6.94. The average Bonchev–Trinajstić information content (AvgIpc) is 2.91. The summed E-state index contributed by atoms with van der Waals surface area (Å²) in [5.41, 5.74) is -0.750. The van der Waals surface area contributed by atoms with Crippen LogP contribution in [0.5, 0.6) is 0 Å². The van der Waals surface area contributed by atoms with Crippen LogP contribution >= 0.6 is 11.8 Å². The van der Waals surface area contributed by atoms with Gasteiger partial charge in [0, 0.05) is 24.9 Å². The number of aliphatic carboxylic acids is 1. The number of amides is 2. The molecule has 2 fully saturated rings. The average molecular weight is 286 g/mol. The lowest BCUT2D eigenvalue weighted by atomic mass is 9.78. The van der Waals surface area contributed by atoms with Gasteiger partial charge in [0.15, 0.2) is 0 Å². The van der Waals surface area contributed by atoms with E-state index in [1.54, 1.807) is 4.90 Å². The Morgan fingerprint density at radius 2 is 2.32 bits per heavy atom. The molecule has 5 nitrogen and oxygen atoms in total. The van der Waals surface area contributed by atoms with Crippen LogP contribution in [0.4, 0.5) is 4.79 Å². The van der Waals surface area contributed by atoms with Crippen molar-refractivity contribution in [2.75, 3.05) is 24.6 Å². The van der Waals surface area contributed by atoms with Crippen molar-refractivity contribution in [3.05, 3.63) is 0 Å². The van der Waals surface area contributed by atoms with Crippen molar-refractivity contribution in [2.45, 2.75) is 38.6 Å². The fraction of sp³-hybridized carbons (Fsp3) is 0.846. The lowest BCUT2D eigenvalue weighted by molar-refractivity contribution is -0.152. The molecule has 2 amide bonds. The Labute approximate surface area is 118 Å². The Hall–Kier alpha value is -0.910. The SMILES string of the molecule is CCC1(C(=O)O)CCCN(C(=O)NC2CCSC2)C1. The second-order valence-electron chi connectivity index (χ2n) is 5.47. The number of hydrogen-bond acceptors (Lipinski definition) is 3. The van der Waals surface area contributed by atoms with Gasteiger partial charge in [-0.25, -0.2) is 4.79 Å². The molecule has 108 valence electrons. The molecule has 2 saturated heterocycles. The topological polar surface area (TPSA) is 69.6 Å². The van der Waals surface area contributed by atoms with Crippen LogP contribution < -0.4 is 5.32 Å². The first kappa shape index (κ1) is 14.5. The summed E-state index contributed by atoms with van der Waals surface area (Å²) >= 11 is 1.85. The second kappa shape index (κ2) is 6.03. The van der Waals surface area contributed by atoms with E-state index in [1.165, 1.54) is 0 Å². The summed E-state index contributed by atoms with van der Waals surface area (Å²) < 4.78 is 0. The third-order valence-electron chi connectivity index (χ3n) is 4.25. The number of carbonyl (C=O) groups excluding carboxylic acids is 1. The summed E-state index contributed by atoms with van der Waals surface area (Å²) in [5.74, 6) is 1.29. The molecular formula is C13H22N2O3S. The van der Waals surface area contributed by atoms with Crippen molar-refractivity contribution in [3.8, 4) is 0 Å². The van der Waals surface area contributed by atoms with Crippen molar-refractivity contribution < 1.29 is 14.7 Å². The third kappa shape index (κ3) is 3.16. The number of nitrogens with zero attached hydrogens (tertiary/aromatic N) is 1. The number of piperidine rings is 1. The molecule has 6 heteroatoms. The molecule has 2 heterocycles. The molecule has 0 aliphatic carbocycles. The lowest BCUT2D eigenvalue weighted by Gasteiger charge is -2.39. The lowest BCUT2D eigenvalue weighted by Crippen LogP contribution is -2.54. The molecule has 0 saturated carbocycles. The van der Waals surface area contributed by atoms with Gasteiger partial charge in [-0.2, -0.15) is 11.8 Å². The number of carboxylic acid groups (broad SMARTS) is 1. The molecule has 0 spiro atoms. The molecule has 19 heavy (non-hydrogen) atoms. The van der Waals surface area contributed by atoms with Gasteiger partial charge >= 0.3 is 12.0 Å². The Kier molecular flexibility index (Phi) is 4.60. The van der Waals surface area contributed by atoms with Gasteiger partial charge in [0.05, 0.1) is 5.41 Å². The Morgan fingerprint density at radius 3 is 2.89 bits per heavy atom. The van der Waals surface area contributed by atoms with Gasteiger partial charge in [0.2, 0.25) is 0 Å². The minimum atomic E-state index is -0.774. The highest BCUT2D eigenvalue weighted by atomic mass is 32.2. The molecule has 0 aromatic heterocycles. The van der Waals surface area contributed by atoms with Gasteiger partial charge in [-0.3, -0.25) is 4.79 Å². The van der Waals surface area contributed by atoms with Gasteiger partial charge in [0.1, 0.15) is 0 Å². The maximum atomic E-state index is 12.2. The zero-order valence-corrected chi connectivity index (χ0v) is 12.2. The summed E-state index contributed by atoms with van der Waals surface area (Å²) in [6.07, 6.45) is 3.03. The van der Waals surface area contributed by atoms with E-state index < -0.39 is 11.4 Å². The van der Waals surface area contributed by atoms with Crippen molar-refractivity contribution in [1.82, 2.24) is 10.2 Å². The van der Waals surface area contributed by atoms with E-state index in [0.717, 1.165) is 24.3 Å². The molecule has 2 rings (SSSR count). The van der Waals surface area contributed by atoms with Crippen LogP contribution in [0.15, 0.2) is 0 Å². The zero-order valence-electron chi connectivity index (χ0n) is 11.4. The molecule has 0 aromatic rings. The van der Waals surface area contributed by atoms with E-state index in [9.17, 15) is 14.7 Å². The number of urea groups is 1. The van der Waals surface area contributed by atoms with Crippen LogP contribution in [0.25, 0.3) is 0 Å². The van der Waals surface area contributed by atoms with Gasteiger partial charge < -0.3 is 15.3 Å². The largest absolute Gasteiger partial charge is 0.481 e. The Morgan fingerprint density at radius 1 is 1.53 bits per heavy atom. The number of likely N-dealkylation sites (tertiary alicyclic amines) is 1. The standard InChI is InChI=1S/C13H22N2O3S/c1-2-13(11(16)17)5-3-6-15(9-13)12(18)14-10-4-7-19-8-10/h10H,2-9H2,1H3,(H,14,18)(H,16,17). The Balaban J connectivity index is 1.96. The van der Waals surface area contributed by atoms with Crippen molar-refractivity contribution in [3.63, 3.8) is 0 Å². The smallest absolute Gasteiger partial charge is 0.317 e. The molecule has 2 N–H and O–H groups in total. The van der Waals surface area contributed by atoms with Crippen LogP contribution in [-0.2, 0) is 4.79 Å². The Bertz CT molecular complexity index is 358. The first-order chi connectivity index (χ1) is 9.07. The molecule has 2 unspecified atom stereocenters. The van der Waals surface area contributed by atoms with Crippen LogP contribution in [0.1, 0.15) is 32.6 Å². The minimum Gasteiger partial charge on any atom is -0.481 e. The highest BCUT2D eigenvalue weighted by Gasteiger charge is 2.42. The van der Waals surface area contributed by atoms with E-state index in [1.807, 2.05) is 18.7 Å². The molecule has 2 aliphatic rings. The summed E-state index contributed by atoms with van der Waals surface area (Å²) in [4.78, 5) is 25.3. The fourth-order valence-electron chi connectivity index (χ4n) is 2.83. The van der Waals surface area contributed by atoms with Gasteiger partial charge in [-0.1, -0.05) is 6.92 Å². The predicted octanol–water partition coefficient (Wildman–Crippen LogP) is 1.78. The number of nitrogens with one attached hydrogen (secondary N) is 1. The van der Waals surface area contributed by atoms with Crippen molar-refractivity contribution in [1.29, 1.82) is 0 Å². The van der Waals surface area contributed by atoms with Gasteiger partial charge in [0.25, 0.3) is 0 Å². The molecular weight excluding hydrogens is 264 g/mol. The summed E-state index contributed by atoms with van der Waals surface area (Å²) in [6, 6.07) is 0.159. The quantitative estimate of drug-likeness (QED) is 0.829. The van der Waals surface area contributed by atoms with E-state index in [4.69, 9.17) is 0 Å². The number of rotatable bonds is 3. The molecule has 2 atom stereocenters. The van der Waals surface area contributed by atoms with E-state index in [-0.39, 0.29) is 12.1 Å². The highest BCUT2D eigenvalue weighted by molar-refractivity contribution is 7.99. The number of hydrogen-bond donors (Lipinski definition) is 2. The number of carbonyl (C=O) groups is 2.